The molecule has 3 aromatic rings. The molecule has 0 saturated carbocycles. The summed E-state index contributed by atoms with van der Waals surface area (Å²) in [6.07, 6.45) is 6.35. The molecule has 2 heterocycles. The molecule has 2 amide bonds. The van der Waals surface area contributed by atoms with Crippen molar-refractivity contribution in [2.75, 3.05) is 30.3 Å². The minimum absolute atomic E-state index is 0.0617. The number of nitrogens with one attached hydrogen (secondary N) is 2. The van der Waals surface area contributed by atoms with Gasteiger partial charge in [-0.05, 0) is 74.5 Å². The average Bonchev–Trinajstić information content (AvgIpc) is 3.14. The molecule has 1 saturated heterocycles. The second-order valence-electron chi connectivity index (χ2n) is 7.90. The highest BCUT2D eigenvalue weighted by Gasteiger charge is 2.14. The van der Waals surface area contributed by atoms with E-state index in [4.69, 9.17) is 0 Å². The first-order chi connectivity index (χ1) is 15.6. The number of carbonyl (C=O) groups is 2. The van der Waals surface area contributed by atoms with Gasteiger partial charge in [-0.1, -0.05) is 18.9 Å². The number of nitrogens with zero attached hydrogens (tertiary/aromatic N) is 3. The van der Waals surface area contributed by atoms with E-state index < -0.39 is 0 Å². The van der Waals surface area contributed by atoms with E-state index in [9.17, 15) is 14.0 Å². The number of anilines is 2. The molecule has 1 aliphatic heterocycles. The quantitative estimate of drug-likeness (QED) is 0.612. The van der Waals surface area contributed by atoms with Crippen molar-refractivity contribution in [1.82, 2.24) is 14.7 Å². The highest BCUT2D eigenvalue weighted by Crippen LogP contribution is 2.17. The Bertz CT molecular complexity index is 1070. The van der Waals surface area contributed by atoms with Crippen molar-refractivity contribution in [2.24, 2.45) is 0 Å². The molecule has 1 aliphatic rings. The number of hydrogen-bond donors (Lipinski definition) is 2. The van der Waals surface area contributed by atoms with E-state index in [-0.39, 0.29) is 23.3 Å². The van der Waals surface area contributed by atoms with Gasteiger partial charge in [-0.25, -0.2) is 9.07 Å². The highest BCUT2D eigenvalue weighted by atomic mass is 19.1. The fraction of sp³-hybridized carbons (Fsp3) is 0.292. The predicted octanol–water partition coefficient (Wildman–Crippen LogP) is 4.08. The van der Waals surface area contributed by atoms with Crippen molar-refractivity contribution in [2.45, 2.75) is 25.7 Å². The van der Waals surface area contributed by atoms with Crippen molar-refractivity contribution in [3.63, 3.8) is 0 Å². The number of hydrogen-bond acceptors (Lipinski definition) is 4. The summed E-state index contributed by atoms with van der Waals surface area (Å²) in [5.41, 5.74) is 2.06. The normalized spacial score (nSPS) is 14.5. The zero-order valence-electron chi connectivity index (χ0n) is 17.8. The van der Waals surface area contributed by atoms with Crippen LogP contribution in [0.2, 0.25) is 0 Å². The van der Waals surface area contributed by atoms with E-state index in [0.29, 0.717) is 23.6 Å². The molecule has 1 aromatic heterocycles. The van der Waals surface area contributed by atoms with Crippen molar-refractivity contribution >= 4 is 23.2 Å². The second-order valence-corrected chi connectivity index (χ2v) is 7.90. The molecule has 0 aliphatic carbocycles. The van der Waals surface area contributed by atoms with E-state index >= 15 is 0 Å². The second kappa shape index (κ2) is 10.2. The van der Waals surface area contributed by atoms with E-state index in [0.717, 1.165) is 25.9 Å². The van der Waals surface area contributed by atoms with Crippen LogP contribution < -0.4 is 10.6 Å². The molecule has 8 heteroatoms. The standard InChI is InChI=1S/C24H26FN5O2/c25-18-8-10-21(11-9-18)30-15-12-22(28-30)24(32)27-20-7-5-6-19(16-20)26-23(31)17-29-13-3-1-2-4-14-29/h5-12,15-16H,1-4,13-14,17H2,(H,26,31)(H,27,32). The largest absolute Gasteiger partial charge is 0.325 e. The molecule has 0 bridgehead atoms. The first kappa shape index (κ1) is 21.7. The molecule has 166 valence electrons. The van der Waals surface area contributed by atoms with Gasteiger partial charge in [0.2, 0.25) is 5.91 Å². The summed E-state index contributed by atoms with van der Waals surface area (Å²) in [7, 11) is 0. The monoisotopic (exact) mass is 435 g/mol. The lowest BCUT2D eigenvalue weighted by Gasteiger charge is -2.19. The van der Waals surface area contributed by atoms with Crippen molar-refractivity contribution < 1.29 is 14.0 Å². The van der Waals surface area contributed by atoms with Crippen LogP contribution in [0.4, 0.5) is 15.8 Å². The summed E-state index contributed by atoms with van der Waals surface area (Å²) in [4.78, 5) is 27.2. The van der Waals surface area contributed by atoms with Crippen LogP contribution in [0, 0.1) is 5.82 Å². The smallest absolute Gasteiger partial charge is 0.276 e. The molecule has 7 nitrogen and oxygen atoms in total. The first-order valence-corrected chi connectivity index (χ1v) is 10.8. The van der Waals surface area contributed by atoms with Crippen molar-refractivity contribution in [3.05, 3.63) is 72.3 Å². The number of amides is 2. The third kappa shape index (κ3) is 5.79. The maximum atomic E-state index is 13.1. The van der Waals surface area contributed by atoms with Crippen molar-refractivity contribution in [3.8, 4) is 5.69 Å². The van der Waals surface area contributed by atoms with Gasteiger partial charge in [0.25, 0.3) is 5.91 Å². The summed E-state index contributed by atoms with van der Waals surface area (Å²) < 4.78 is 14.6. The predicted molar refractivity (Wildman–Crippen MR) is 121 cm³/mol. The van der Waals surface area contributed by atoms with Gasteiger partial charge in [0, 0.05) is 17.6 Å². The average molecular weight is 436 g/mol. The minimum Gasteiger partial charge on any atom is -0.325 e. The SMILES string of the molecule is O=C(CN1CCCCCC1)Nc1cccc(NC(=O)c2ccn(-c3ccc(F)cc3)n2)c1. The molecule has 4 rings (SSSR count). The Balaban J connectivity index is 1.35. The molecule has 2 aromatic carbocycles. The lowest BCUT2D eigenvalue weighted by Crippen LogP contribution is -2.33. The zero-order chi connectivity index (χ0) is 22.3. The molecule has 0 radical (unpaired) electrons. The van der Waals surface area contributed by atoms with Gasteiger partial charge in [-0.15, -0.1) is 0 Å². The topological polar surface area (TPSA) is 79.3 Å². The van der Waals surface area contributed by atoms with Crippen LogP contribution >= 0.6 is 0 Å². The lowest BCUT2D eigenvalue weighted by atomic mass is 10.2. The Morgan fingerprint density at radius 1 is 0.906 bits per heavy atom. The van der Waals surface area contributed by atoms with Gasteiger partial charge in [0.1, 0.15) is 5.82 Å². The van der Waals surface area contributed by atoms with Gasteiger partial charge in [0.05, 0.1) is 12.2 Å². The maximum absolute atomic E-state index is 13.1. The van der Waals surface area contributed by atoms with Gasteiger partial charge in [-0.2, -0.15) is 5.10 Å². The van der Waals surface area contributed by atoms with Gasteiger partial charge >= 0.3 is 0 Å². The number of benzene rings is 2. The van der Waals surface area contributed by atoms with Crippen LogP contribution in [-0.2, 0) is 4.79 Å². The third-order valence-electron chi connectivity index (χ3n) is 5.38. The Kier molecular flexibility index (Phi) is 6.91. The number of likely N-dealkylation sites (tertiary alicyclic amines) is 1. The van der Waals surface area contributed by atoms with E-state index in [2.05, 4.69) is 20.6 Å². The number of rotatable bonds is 6. The van der Waals surface area contributed by atoms with Crippen LogP contribution in [0.5, 0.6) is 0 Å². The summed E-state index contributed by atoms with van der Waals surface area (Å²) in [5, 5.41) is 9.97. The lowest BCUT2D eigenvalue weighted by molar-refractivity contribution is -0.117. The van der Waals surface area contributed by atoms with Gasteiger partial charge in [-0.3, -0.25) is 14.5 Å². The molecule has 0 atom stereocenters. The fourth-order valence-corrected chi connectivity index (χ4v) is 3.75. The van der Waals surface area contributed by atoms with Crippen molar-refractivity contribution in [1.29, 1.82) is 0 Å². The van der Waals surface area contributed by atoms with Gasteiger partial charge in [0.15, 0.2) is 5.69 Å². The summed E-state index contributed by atoms with van der Waals surface area (Å²) in [5.74, 6) is -0.774. The molecular formula is C24H26FN5O2. The molecule has 0 unspecified atom stereocenters. The molecule has 32 heavy (non-hydrogen) atoms. The van der Waals surface area contributed by atoms with Crippen LogP contribution in [0.25, 0.3) is 5.69 Å². The third-order valence-corrected chi connectivity index (χ3v) is 5.38. The van der Waals surface area contributed by atoms with E-state index in [1.165, 1.54) is 29.7 Å². The molecular weight excluding hydrogens is 409 g/mol. The summed E-state index contributed by atoms with van der Waals surface area (Å²) >= 11 is 0. The molecule has 1 fully saturated rings. The fourth-order valence-electron chi connectivity index (χ4n) is 3.75. The Labute approximate surface area is 186 Å². The minimum atomic E-state index is -0.376. The Morgan fingerprint density at radius 3 is 2.31 bits per heavy atom. The summed E-state index contributed by atoms with van der Waals surface area (Å²) in [6.45, 7) is 2.28. The van der Waals surface area contributed by atoms with Crippen LogP contribution in [-0.4, -0.2) is 46.1 Å². The molecule has 0 spiro atoms. The van der Waals surface area contributed by atoms with E-state index in [1.54, 1.807) is 48.7 Å². The van der Waals surface area contributed by atoms with Crippen LogP contribution in [0.3, 0.4) is 0 Å². The maximum Gasteiger partial charge on any atom is 0.276 e. The number of aromatic nitrogens is 2. The first-order valence-electron chi connectivity index (χ1n) is 10.8. The zero-order valence-corrected chi connectivity index (χ0v) is 17.8. The van der Waals surface area contributed by atoms with Crippen LogP contribution in [0.1, 0.15) is 36.2 Å². The molecule has 2 N–H and O–H groups in total. The van der Waals surface area contributed by atoms with E-state index in [1.807, 2.05) is 0 Å². The Hall–Kier alpha value is -3.52. The highest BCUT2D eigenvalue weighted by molar-refractivity contribution is 6.03. The number of halogens is 1. The Morgan fingerprint density at radius 2 is 1.59 bits per heavy atom. The van der Waals surface area contributed by atoms with Crippen LogP contribution in [0.15, 0.2) is 60.8 Å². The van der Waals surface area contributed by atoms with Gasteiger partial charge < -0.3 is 10.6 Å². The number of carbonyl (C=O) groups excluding carboxylic acids is 2. The summed E-state index contributed by atoms with van der Waals surface area (Å²) in [6, 6.07) is 14.5.